The number of hydrogen-bond donors (Lipinski definition) is 1. The average molecular weight is 236 g/mol. The van der Waals surface area contributed by atoms with Crippen LogP contribution >= 0.6 is 0 Å². The van der Waals surface area contributed by atoms with E-state index in [0.717, 1.165) is 5.56 Å². The summed E-state index contributed by atoms with van der Waals surface area (Å²) in [4.78, 5) is 0. The molecule has 0 bridgehead atoms. The van der Waals surface area contributed by atoms with Gasteiger partial charge in [-0.15, -0.1) is 0 Å². The monoisotopic (exact) mass is 236 g/mol. The van der Waals surface area contributed by atoms with Gasteiger partial charge in [0.2, 0.25) is 0 Å². The van der Waals surface area contributed by atoms with Crippen molar-refractivity contribution in [2.45, 2.75) is 12.5 Å². The predicted octanol–water partition coefficient (Wildman–Crippen LogP) is 1.61. The van der Waals surface area contributed by atoms with Crippen molar-refractivity contribution in [3.63, 3.8) is 0 Å². The molecule has 0 aliphatic heterocycles. The molecule has 0 saturated carbocycles. The Bertz CT molecular complexity index is 372. The molecule has 0 fully saturated rings. The number of nitrogens with zero attached hydrogens (tertiary/aromatic N) is 1. The van der Waals surface area contributed by atoms with Crippen molar-refractivity contribution in [2.24, 2.45) is 0 Å². The van der Waals surface area contributed by atoms with Crippen LogP contribution in [0.3, 0.4) is 0 Å². The third-order valence-corrected chi connectivity index (χ3v) is 3.06. The third-order valence-electron chi connectivity index (χ3n) is 2.28. The molecule has 2 atom stereocenters. The summed E-state index contributed by atoms with van der Waals surface area (Å²) < 4.78 is 10.9. The maximum atomic E-state index is 10.9. The molecule has 16 heavy (non-hydrogen) atoms. The van der Waals surface area contributed by atoms with Gasteiger partial charge < -0.3 is 5.32 Å². The first-order chi connectivity index (χ1) is 7.74. The lowest BCUT2D eigenvalue weighted by atomic mass is 10.0. The van der Waals surface area contributed by atoms with Gasteiger partial charge in [0.15, 0.2) is 0 Å². The largest absolute Gasteiger partial charge is 0.308 e. The van der Waals surface area contributed by atoms with E-state index in [1.54, 1.807) is 6.26 Å². The van der Waals surface area contributed by atoms with Gasteiger partial charge in [-0.1, -0.05) is 30.3 Å². The summed E-state index contributed by atoms with van der Waals surface area (Å²) in [6.45, 7) is 0.671. The summed E-state index contributed by atoms with van der Waals surface area (Å²) in [5, 5.41) is 12.0. The maximum Gasteiger partial charge on any atom is 0.0641 e. The van der Waals surface area contributed by atoms with Gasteiger partial charge in [-0.25, -0.2) is 0 Å². The van der Waals surface area contributed by atoms with Crippen molar-refractivity contribution in [3.8, 4) is 6.07 Å². The van der Waals surface area contributed by atoms with E-state index in [1.165, 1.54) is 0 Å². The molecule has 0 saturated heterocycles. The van der Waals surface area contributed by atoms with E-state index in [1.807, 2.05) is 30.3 Å². The Hall–Kier alpha value is -1.18. The molecule has 86 valence electrons. The summed E-state index contributed by atoms with van der Waals surface area (Å²) in [5.41, 5.74) is 1.10. The molecule has 0 radical (unpaired) electrons. The van der Waals surface area contributed by atoms with Gasteiger partial charge >= 0.3 is 0 Å². The smallest absolute Gasteiger partial charge is 0.0641 e. The van der Waals surface area contributed by atoms with Gasteiger partial charge in [0.05, 0.1) is 12.5 Å². The molecule has 2 unspecified atom stereocenters. The molecule has 0 heterocycles. The van der Waals surface area contributed by atoms with E-state index in [4.69, 9.17) is 5.26 Å². The summed E-state index contributed by atoms with van der Waals surface area (Å²) in [7, 11) is -0.788. The number of nitrogens with one attached hydrogen (secondary N) is 1. The average Bonchev–Trinajstić information content (AvgIpc) is 2.29. The van der Waals surface area contributed by atoms with E-state index in [9.17, 15) is 4.21 Å². The van der Waals surface area contributed by atoms with Crippen LogP contribution in [-0.2, 0) is 10.8 Å². The van der Waals surface area contributed by atoms with Gasteiger partial charge in [-0.2, -0.15) is 5.26 Å². The van der Waals surface area contributed by atoms with Crippen LogP contribution in [-0.4, -0.2) is 22.8 Å². The Morgan fingerprint density at radius 2 is 2.12 bits per heavy atom. The Kier molecular flexibility index (Phi) is 5.76. The highest BCUT2D eigenvalue weighted by molar-refractivity contribution is 7.84. The van der Waals surface area contributed by atoms with Crippen LogP contribution in [0, 0.1) is 11.3 Å². The zero-order chi connectivity index (χ0) is 11.8. The molecule has 1 rings (SSSR count). The van der Waals surface area contributed by atoms with Crippen molar-refractivity contribution in [3.05, 3.63) is 35.9 Å². The minimum atomic E-state index is -0.788. The summed E-state index contributed by atoms with van der Waals surface area (Å²) in [5.74, 6) is 0.620. The molecule has 0 aliphatic rings. The Labute approximate surface area is 98.9 Å². The van der Waals surface area contributed by atoms with E-state index in [0.29, 0.717) is 18.7 Å². The SMILES string of the molecule is CS(=O)CCNC(CC#N)c1ccccc1. The van der Waals surface area contributed by atoms with E-state index >= 15 is 0 Å². The molecular weight excluding hydrogens is 220 g/mol. The third kappa shape index (κ3) is 4.56. The van der Waals surface area contributed by atoms with E-state index in [-0.39, 0.29) is 6.04 Å². The van der Waals surface area contributed by atoms with Crippen LogP contribution in [0.5, 0.6) is 0 Å². The van der Waals surface area contributed by atoms with Crippen LogP contribution < -0.4 is 5.32 Å². The molecule has 0 spiro atoms. The Balaban J connectivity index is 2.55. The van der Waals surface area contributed by atoms with Crippen LogP contribution in [0.4, 0.5) is 0 Å². The molecule has 0 amide bonds. The molecule has 1 N–H and O–H groups in total. The highest BCUT2D eigenvalue weighted by Crippen LogP contribution is 2.15. The number of nitriles is 1. The maximum absolute atomic E-state index is 10.9. The van der Waals surface area contributed by atoms with E-state index in [2.05, 4.69) is 11.4 Å². The van der Waals surface area contributed by atoms with Crippen molar-refractivity contribution in [1.29, 1.82) is 5.26 Å². The van der Waals surface area contributed by atoms with Gasteiger partial charge in [-0.3, -0.25) is 4.21 Å². The summed E-state index contributed by atoms with van der Waals surface area (Å²) >= 11 is 0. The Morgan fingerprint density at radius 3 is 2.69 bits per heavy atom. The second-order valence-electron chi connectivity index (χ2n) is 3.56. The van der Waals surface area contributed by atoms with E-state index < -0.39 is 10.8 Å². The quantitative estimate of drug-likeness (QED) is 0.816. The second kappa shape index (κ2) is 7.15. The number of benzene rings is 1. The molecule has 0 aromatic heterocycles. The van der Waals surface area contributed by atoms with Crippen LogP contribution in [0.15, 0.2) is 30.3 Å². The first-order valence-corrected chi connectivity index (χ1v) is 6.92. The van der Waals surface area contributed by atoms with Crippen molar-refractivity contribution < 1.29 is 4.21 Å². The molecule has 4 heteroatoms. The number of hydrogen-bond acceptors (Lipinski definition) is 3. The van der Waals surface area contributed by atoms with Crippen LogP contribution in [0.25, 0.3) is 0 Å². The molecule has 3 nitrogen and oxygen atoms in total. The Morgan fingerprint density at radius 1 is 1.44 bits per heavy atom. The molecular formula is C12H16N2OS. The minimum absolute atomic E-state index is 0.0368. The fraction of sp³-hybridized carbons (Fsp3) is 0.417. The van der Waals surface area contributed by atoms with Gasteiger partial charge in [0.1, 0.15) is 0 Å². The van der Waals surface area contributed by atoms with Crippen LogP contribution in [0.1, 0.15) is 18.0 Å². The first kappa shape index (κ1) is 12.9. The van der Waals surface area contributed by atoms with Crippen LogP contribution in [0.2, 0.25) is 0 Å². The molecule has 1 aromatic rings. The molecule has 0 aliphatic carbocycles. The fourth-order valence-electron chi connectivity index (χ4n) is 1.46. The normalized spacial score (nSPS) is 14.0. The lowest BCUT2D eigenvalue weighted by Gasteiger charge is -2.15. The van der Waals surface area contributed by atoms with Gasteiger partial charge in [-0.05, 0) is 5.56 Å². The number of rotatable bonds is 6. The zero-order valence-electron chi connectivity index (χ0n) is 9.35. The standard InChI is InChI=1S/C12H16N2OS/c1-16(15)10-9-14-12(7-8-13)11-5-3-2-4-6-11/h2-6,12,14H,7,9-10H2,1H3. The minimum Gasteiger partial charge on any atom is -0.308 e. The summed E-state index contributed by atoms with van der Waals surface area (Å²) in [6.07, 6.45) is 2.11. The van der Waals surface area contributed by atoms with Crippen molar-refractivity contribution in [2.75, 3.05) is 18.6 Å². The van der Waals surface area contributed by atoms with Gasteiger partial charge in [0, 0.05) is 35.4 Å². The van der Waals surface area contributed by atoms with Crippen molar-refractivity contribution in [1.82, 2.24) is 5.32 Å². The topological polar surface area (TPSA) is 52.9 Å². The predicted molar refractivity (Wildman–Crippen MR) is 66.3 cm³/mol. The van der Waals surface area contributed by atoms with Crippen molar-refractivity contribution >= 4 is 10.8 Å². The first-order valence-electron chi connectivity index (χ1n) is 5.19. The lowest BCUT2D eigenvalue weighted by molar-refractivity contribution is 0.563. The zero-order valence-corrected chi connectivity index (χ0v) is 10.2. The highest BCUT2D eigenvalue weighted by atomic mass is 32.2. The fourth-order valence-corrected chi connectivity index (χ4v) is 1.87. The molecule has 1 aromatic carbocycles. The highest BCUT2D eigenvalue weighted by Gasteiger charge is 2.09. The summed E-state index contributed by atoms with van der Waals surface area (Å²) in [6, 6.07) is 12.1. The second-order valence-corrected chi connectivity index (χ2v) is 5.11. The lowest BCUT2D eigenvalue weighted by Crippen LogP contribution is -2.25. The van der Waals surface area contributed by atoms with Gasteiger partial charge in [0.25, 0.3) is 0 Å².